The monoisotopic (exact) mass is 471 g/mol. The van der Waals surface area contributed by atoms with E-state index in [0.717, 1.165) is 36.8 Å². The summed E-state index contributed by atoms with van der Waals surface area (Å²) in [6, 6.07) is 3.64. The highest BCUT2D eigenvalue weighted by Gasteiger charge is 2.48. The molecule has 1 amide bonds. The topological polar surface area (TPSA) is 91.6 Å². The van der Waals surface area contributed by atoms with Gasteiger partial charge in [-0.1, -0.05) is 17.4 Å². The van der Waals surface area contributed by atoms with E-state index < -0.39 is 22.8 Å². The summed E-state index contributed by atoms with van der Waals surface area (Å²) in [5, 5.41) is 19.5. The Morgan fingerprint density at radius 3 is 2.85 bits per heavy atom. The number of halogens is 2. The number of aromatic hydroxyl groups is 1. The van der Waals surface area contributed by atoms with Gasteiger partial charge >= 0.3 is 0 Å². The van der Waals surface area contributed by atoms with E-state index in [9.17, 15) is 23.5 Å². The summed E-state index contributed by atoms with van der Waals surface area (Å²) in [7, 11) is 0. The smallest absolute Gasteiger partial charge is 0.275 e. The third kappa shape index (κ3) is 3.17. The predicted octanol–water partition coefficient (Wildman–Crippen LogP) is 2.20. The second-order valence-electron chi connectivity index (χ2n) is 8.61. The normalized spacial score (nSPS) is 21.9. The maximum Gasteiger partial charge on any atom is 0.275 e. The first-order chi connectivity index (χ1) is 15.9. The van der Waals surface area contributed by atoms with Gasteiger partial charge in [0.05, 0.1) is 12.1 Å². The molecule has 8 nitrogen and oxygen atoms in total. The number of aromatic nitrogens is 3. The number of hydrogen-bond acceptors (Lipinski definition) is 7. The van der Waals surface area contributed by atoms with Crippen molar-refractivity contribution in [2.24, 2.45) is 0 Å². The lowest BCUT2D eigenvalue weighted by Crippen LogP contribution is -2.50. The first-order valence-electron chi connectivity index (χ1n) is 10.7. The van der Waals surface area contributed by atoms with Gasteiger partial charge < -0.3 is 14.6 Å². The number of pyridine rings is 1. The molecule has 2 saturated heterocycles. The number of hydrogen-bond donors (Lipinski definition) is 1. The molecule has 0 unspecified atom stereocenters. The zero-order chi connectivity index (χ0) is 22.9. The molecule has 11 heteroatoms. The minimum Gasteiger partial charge on any atom is -0.503 e. The Morgan fingerprint density at radius 2 is 2.03 bits per heavy atom. The number of rotatable bonds is 3. The maximum absolute atomic E-state index is 14.0. The lowest BCUT2D eigenvalue weighted by atomic mass is 10.1. The van der Waals surface area contributed by atoms with Gasteiger partial charge in [0.15, 0.2) is 16.5 Å². The van der Waals surface area contributed by atoms with Crippen LogP contribution in [-0.4, -0.2) is 60.9 Å². The average Bonchev–Trinajstić information content (AvgIpc) is 3.50. The number of carbonyl (C=O) groups excluding carboxylic acids is 1. The Labute approximate surface area is 190 Å². The molecule has 0 saturated carbocycles. The molecule has 6 rings (SSSR count). The van der Waals surface area contributed by atoms with Crippen LogP contribution in [0.15, 0.2) is 29.2 Å². The Morgan fingerprint density at radius 1 is 1.18 bits per heavy atom. The van der Waals surface area contributed by atoms with E-state index in [-0.39, 0.29) is 40.3 Å². The van der Waals surface area contributed by atoms with Crippen molar-refractivity contribution in [1.29, 1.82) is 0 Å². The predicted molar refractivity (Wildman–Crippen MR) is 115 cm³/mol. The van der Waals surface area contributed by atoms with E-state index in [1.807, 2.05) is 0 Å². The summed E-state index contributed by atoms with van der Waals surface area (Å²) >= 11 is 1.09. The van der Waals surface area contributed by atoms with E-state index in [1.165, 1.54) is 12.1 Å². The summed E-state index contributed by atoms with van der Waals surface area (Å²) < 4.78 is 28.8. The largest absolute Gasteiger partial charge is 0.503 e. The van der Waals surface area contributed by atoms with Crippen LogP contribution in [0.5, 0.6) is 5.75 Å². The Hall–Kier alpha value is -3.18. The highest BCUT2D eigenvalue weighted by Crippen LogP contribution is 2.36. The SMILES string of the molecule is O=C1c2c(O)c(=O)c(-c3nnc(Cc4ccc(F)cc4F)s3)cn2C[C@@H]2N1C[C@H]1CCCN12. The number of nitrogens with zero attached hydrogens (tertiary/aromatic N) is 5. The molecule has 33 heavy (non-hydrogen) atoms. The molecule has 0 bridgehead atoms. The van der Waals surface area contributed by atoms with Gasteiger partial charge in [-0.25, -0.2) is 8.78 Å². The molecule has 3 aliphatic rings. The van der Waals surface area contributed by atoms with Crippen molar-refractivity contribution in [1.82, 2.24) is 24.6 Å². The molecule has 1 aromatic carbocycles. The molecule has 0 spiro atoms. The maximum atomic E-state index is 14.0. The van der Waals surface area contributed by atoms with Crippen LogP contribution in [0.25, 0.3) is 10.6 Å². The van der Waals surface area contributed by atoms with Crippen LogP contribution in [0.4, 0.5) is 8.78 Å². The van der Waals surface area contributed by atoms with Crippen molar-refractivity contribution in [3.63, 3.8) is 0 Å². The van der Waals surface area contributed by atoms with E-state index in [2.05, 4.69) is 15.1 Å². The van der Waals surface area contributed by atoms with Gasteiger partial charge in [0.1, 0.15) is 22.8 Å². The van der Waals surface area contributed by atoms with Gasteiger partial charge in [-0.2, -0.15) is 0 Å². The lowest BCUT2D eigenvalue weighted by molar-refractivity contribution is 0.0515. The molecular weight excluding hydrogens is 452 g/mol. The summed E-state index contributed by atoms with van der Waals surface area (Å²) in [6.45, 7) is 1.98. The minimum atomic E-state index is -0.691. The fourth-order valence-corrected chi connectivity index (χ4v) is 6.01. The summed E-state index contributed by atoms with van der Waals surface area (Å²) in [5.74, 6) is -2.28. The fraction of sp³-hybridized carbons (Fsp3) is 0.364. The van der Waals surface area contributed by atoms with Crippen molar-refractivity contribution >= 4 is 17.2 Å². The number of amides is 1. The van der Waals surface area contributed by atoms with Crippen molar-refractivity contribution in [2.75, 3.05) is 13.1 Å². The van der Waals surface area contributed by atoms with Crippen LogP contribution in [0.1, 0.15) is 33.9 Å². The average molecular weight is 471 g/mol. The Balaban J connectivity index is 1.35. The van der Waals surface area contributed by atoms with Crippen LogP contribution in [0, 0.1) is 11.6 Å². The second kappa shape index (κ2) is 7.42. The summed E-state index contributed by atoms with van der Waals surface area (Å²) in [4.78, 5) is 30.1. The highest BCUT2D eigenvalue weighted by molar-refractivity contribution is 7.14. The molecule has 3 aromatic rings. The molecule has 0 radical (unpaired) electrons. The summed E-state index contributed by atoms with van der Waals surface area (Å²) in [5.41, 5.74) is -0.296. The molecular formula is C22H19F2N5O3S. The number of benzene rings is 1. The molecule has 2 aromatic heterocycles. The van der Waals surface area contributed by atoms with Crippen LogP contribution in [-0.2, 0) is 13.0 Å². The Kier molecular flexibility index (Phi) is 4.59. The third-order valence-corrected chi connectivity index (χ3v) is 7.66. The first kappa shape index (κ1) is 20.4. The van der Waals surface area contributed by atoms with Gasteiger partial charge in [-0.15, -0.1) is 10.2 Å². The molecule has 5 heterocycles. The van der Waals surface area contributed by atoms with Crippen molar-refractivity contribution in [2.45, 2.75) is 38.0 Å². The van der Waals surface area contributed by atoms with Gasteiger partial charge in [-0.3, -0.25) is 14.5 Å². The molecule has 2 fully saturated rings. The fourth-order valence-electron chi connectivity index (χ4n) is 5.14. The van der Waals surface area contributed by atoms with Gasteiger partial charge in [0.25, 0.3) is 5.91 Å². The standard InChI is InChI=1S/C22H19F2N5O3S/c23-12-4-3-11(15(24)7-12)6-16-25-26-21(33-16)14-9-27-10-17-28-5-1-2-13(28)8-29(17)22(32)18(27)20(31)19(14)30/h3-4,7,9,13,17,31H,1-2,5-6,8,10H2/t13-,17+/m1/s1. The van der Waals surface area contributed by atoms with Crippen molar-refractivity contribution in [3.8, 4) is 16.3 Å². The van der Waals surface area contributed by atoms with E-state index >= 15 is 0 Å². The van der Waals surface area contributed by atoms with Crippen molar-refractivity contribution < 1.29 is 18.7 Å². The van der Waals surface area contributed by atoms with E-state index in [4.69, 9.17) is 0 Å². The van der Waals surface area contributed by atoms with Crippen LogP contribution in [0.3, 0.4) is 0 Å². The molecule has 1 N–H and O–H groups in total. The van der Waals surface area contributed by atoms with Crippen LogP contribution in [0.2, 0.25) is 0 Å². The zero-order valence-corrected chi connectivity index (χ0v) is 18.2. The highest BCUT2D eigenvalue weighted by atomic mass is 32.1. The van der Waals surface area contributed by atoms with Gasteiger partial charge in [-0.05, 0) is 24.5 Å². The van der Waals surface area contributed by atoms with E-state index in [1.54, 1.807) is 15.7 Å². The second-order valence-corrected chi connectivity index (χ2v) is 9.67. The minimum absolute atomic E-state index is 0.000652. The summed E-state index contributed by atoms with van der Waals surface area (Å²) in [6.07, 6.45) is 3.68. The van der Waals surface area contributed by atoms with Crippen LogP contribution >= 0.6 is 11.3 Å². The molecule has 2 atom stereocenters. The van der Waals surface area contributed by atoms with E-state index in [0.29, 0.717) is 24.1 Å². The first-order valence-corrected chi connectivity index (χ1v) is 11.5. The van der Waals surface area contributed by atoms with Gasteiger partial charge in [0.2, 0.25) is 5.43 Å². The number of carbonyl (C=O) groups is 1. The quantitative estimate of drug-likeness (QED) is 0.630. The lowest BCUT2D eigenvalue weighted by Gasteiger charge is -2.35. The molecule has 170 valence electrons. The zero-order valence-electron chi connectivity index (χ0n) is 17.4. The molecule has 3 aliphatic heterocycles. The van der Waals surface area contributed by atoms with Crippen molar-refractivity contribution in [3.05, 3.63) is 62.5 Å². The van der Waals surface area contributed by atoms with Crippen LogP contribution < -0.4 is 5.43 Å². The van der Waals surface area contributed by atoms with Gasteiger partial charge in [0, 0.05) is 37.8 Å². The number of fused-ring (bicyclic) bond motifs is 4. The third-order valence-electron chi connectivity index (χ3n) is 6.71. The Bertz CT molecular complexity index is 1360. The molecule has 0 aliphatic carbocycles.